The number of benzene rings is 3. The summed E-state index contributed by atoms with van der Waals surface area (Å²) in [5.74, 6) is 0.432. The van der Waals surface area contributed by atoms with E-state index in [1.54, 1.807) is 24.3 Å². The molecule has 0 spiro atoms. The van der Waals surface area contributed by atoms with Gasteiger partial charge in [0.1, 0.15) is 30.8 Å². The van der Waals surface area contributed by atoms with Crippen molar-refractivity contribution in [3.05, 3.63) is 89.5 Å². The number of oxime groups is 1. The maximum Gasteiger partial charge on any atom is 0.153 e. The highest BCUT2D eigenvalue weighted by Crippen LogP contribution is 2.36. The van der Waals surface area contributed by atoms with Crippen LogP contribution in [-0.4, -0.2) is 36.4 Å². The summed E-state index contributed by atoms with van der Waals surface area (Å²) < 4.78 is 5.52. The van der Waals surface area contributed by atoms with Crippen LogP contribution in [0.2, 0.25) is 0 Å². The molecule has 0 saturated heterocycles. The minimum Gasteiger partial charge on any atom is -0.490 e. The molecule has 0 aliphatic heterocycles. The van der Waals surface area contributed by atoms with Crippen molar-refractivity contribution in [1.29, 1.82) is 0 Å². The molecule has 1 unspecified atom stereocenters. The van der Waals surface area contributed by atoms with Crippen LogP contribution in [0, 0.1) is 0 Å². The average Bonchev–Trinajstić information content (AvgIpc) is 3.06. The fraction of sp³-hybridized carbons (Fsp3) is 0.130. The van der Waals surface area contributed by atoms with Crippen molar-refractivity contribution in [2.75, 3.05) is 13.2 Å². The van der Waals surface area contributed by atoms with E-state index in [4.69, 9.17) is 9.57 Å². The number of aliphatic hydroxyl groups excluding tert-OH is 1. The molecule has 5 heteroatoms. The first-order valence-electron chi connectivity index (χ1n) is 9.02. The van der Waals surface area contributed by atoms with Gasteiger partial charge in [-0.25, -0.2) is 0 Å². The van der Waals surface area contributed by atoms with E-state index in [-0.39, 0.29) is 13.2 Å². The summed E-state index contributed by atoms with van der Waals surface area (Å²) in [6.45, 7) is -0.0139. The van der Waals surface area contributed by atoms with Gasteiger partial charge in [-0.05, 0) is 23.3 Å². The molecule has 1 aliphatic rings. The third-order valence-electron chi connectivity index (χ3n) is 4.55. The highest BCUT2D eigenvalue weighted by atomic mass is 16.6. The van der Waals surface area contributed by atoms with Crippen LogP contribution in [0.3, 0.4) is 0 Å². The molecule has 0 saturated carbocycles. The molecular weight excluding hydrogens is 354 g/mol. The molecule has 0 amide bonds. The fourth-order valence-corrected chi connectivity index (χ4v) is 3.22. The van der Waals surface area contributed by atoms with Crippen molar-refractivity contribution < 1.29 is 19.5 Å². The highest BCUT2D eigenvalue weighted by Gasteiger charge is 2.24. The first kappa shape index (κ1) is 17.9. The van der Waals surface area contributed by atoms with Gasteiger partial charge in [0.15, 0.2) is 6.29 Å². The number of ether oxygens (including phenoxy) is 1. The van der Waals surface area contributed by atoms with Crippen LogP contribution in [0.25, 0.3) is 11.1 Å². The van der Waals surface area contributed by atoms with Crippen molar-refractivity contribution in [3.8, 4) is 16.9 Å². The van der Waals surface area contributed by atoms with Crippen molar-refractivity contribution >= 4 is 12.0 Å². The Balaban J connectivity index is 1.42. The van der Waals surface area contributed by atoms with Crippen molar-refractivity contribution in [2.45, 2.75) is 6.10 Å². The van der Waals surface area contributed by atoms with Gasteiger partial charge < -0.3 is 14.7 Å². The molecule has 1 atom stereocenters. The van der Waals surface area contributed by atoms with E-state index in [1.165, 1.54) is 0 Å². The summed E-state index contributed by atoms with van der Waals surface area (Å²) >= 11 is 0. The zero-order valence-corrected chi connectivity index (χ0v) is 15.1. The Labute approximate surface area is 162 Å². The number of carbonyl (C=O) groups is 1. The predicted octanol–water partition coefficient (Wildman–Crippen LogP) is 3.69. The van der Waals surface area contributed by atoms with Gasteiger partial charge in [-0.1, -0.05) is 65.8 Å². The highest BCUT2D eigenvalue weighted by molar-refractivity contribution is 6.24. The molecule has 4 rings (SSSR count). The molecular formula is C23H19NO4. The van der Waals surface area contributed by atoms with Gasteiger partial charge in [0.05, 0.1) is 5.56 Å². The minimum atomic E-state index is -0.879. The number of rotatable bonds is 7. The molecule has 5 nitrogen and oxygen atoms in total. The van der Waals surface area contributed by atoms with E-state index >= 15 is 0 Å². The first-order valence-corrected chi connectivity index (χ1v) is 9.02. The van der Waals surface area contributed by atoms with Gasteiger partial charge in [0.25, 0.3) is 0 Å². The van der Waals surface area contributed by atoms with E-state index < -0.39 is 6.10 Å². The van der Waals surface area contributed by atoms with Gasteiger partial charge in [-0.3, -0.25) is 4.79 Å². The summed E-state index contributed by atoms with van der Waals surface area (Å²) in [6, 6.07) is 22.9. The summed E-state index contributed by atoms with van der Waals surface area (Å²) in [5, 5.41) is 14.4. The van der Waals surface area contributed by atoms with Crippen molar-refractivity contribution in [2.24, 2.45) is 5.16 Å². The van der Waals surface area contributed by atoms with Gasteiger partial charge in [0.2, 0.25) is 0 Å². The number of para-hydroxylation sites is 1. The number of hydrogen-bond acceptors (Lipinski definition) is 5. The van der Waals surface area contributed by atoms with Crippen LogP contribution < -0.4 is 4.74 Å². The lowest BCUT2D eigenvalue weighted by atomic mass is 10.1. The smallest absolute Gasteiger partial charge is 0.153 e. The van der Waals surface area contributed by atoms with Gasteiger partial charge in [0, 0.05) is 11.1 Å². The maximum atomic E-state index is 11.0. The molecule has 0 aromatic heterocycles. The number of carbonyl (C=O) groups excluding carboxylic acids is 1. The average molecular weight is 373 g/mol. The van der Waals surface area contributed by atoms with Gasteiger partial charge in [-0.15, -0.1) is 0 Å². The van der Waals surface area contributed by atoms with E-state index in [1.807, 2.05) is 36.4 Å². The Morgan fingerprint density at radius 3 is 2.04 bits per heavy atom. The molecule has 28 heavy (non-hydrogen) atoms. The molecule has 0 heterocycles. The molecule has 1 N–H and O–H groups in total. The Morgan fingerprint density at radius 1 is 0.821 bits per heavy atom. The number of fused-ring (bicyclic) bond motifs is 3. The summed E-state index contributed by atoms with van der Waals surface area (Å²) in [7, 11) is 0. The summed E-state index contributed by atoms with van der Waals surface area (Å²) in [5.41, 5.74) is 5.45. The third kappa shape index (κ3) is 3.52. The maximum absolute atomic E-state index is 11.0. The minimum absolute atomic E-state index is 0.00286. The quantitative estimate of drug-likeness (QED) is 0.396. The standard InChI is InChI=1S/C23H19NO4/c25-13-16-7-1-6-12-22(16)27-14-17(26)15-28-24-23-20-10-4-2-8-18(20)19-9-3-5-11-21(19)23/h1-13,17,26H,14-15H2. The normalized spacial score (nSPS) is 12.7. The molecule has 3 aromatic carbocycles. The van der Waals surface area contributed by atoms with Crippen molar-refractivity contribution in [1.82, 2.24) is 0 Å². The molecule has 1 aliphatic carbocycles. The van der Waals surface area contributed by atoms with Crippen LogP contribution in [0.5, 0.6) is 5.75 Å². The topological polar surface area (TPSA) is 68.1 Å². The van der Waals surface area contributed by atoms with Gasteiger partial charge >= 0.3 is 0 Å². The third-order valence-corrected chi connectivity index (χ3v) is 4.55. The van der Waals surface area contributed by atoms with Crippen LogP contribution in [-0.2, 0) is 4.84 Å². The second kappa shape index (κ2) is 8.06. The first-order chi connectivity index (χ1) is 13.8. The van der Waals surface area contributed by atoms with E-state index in [9.17, 15) is 9.90 Å². The Bertz CT molecular complexity index is 981. The van der Waals surface area contributed by atoms with E-state index in [2.05, 4.69) is 17.3 Å². The van der Waals surface area contributed by atoms with E-state index in [0.29, 0.717) is 11.3 Å². The van der Waals surface area contributed by atoms with Crippen LogP contribution >= 0.6 is 0 Å². The second-order valence-electron chi connectivity index (χ2n) is 6.45. The monoisotopic (exact) mass is 373 g/mol. The molecule has 0 radical (unpaired) electrons. The Morgan fingerprint density at radius 2 is 1.39 bits per heavy atom. The SMILES string of the molecule is O=Cc1ccccc1OCC(O)CON=C1c2ccccc2-c2ccccc21. The Hall–Kier alpha value is -3.44. The largest absolute Gasteiger partial charge is 0.490 e. The Kier molecular flexibility index (Phi) is 5.17. The summed E-state index contributed by atoms with van der Waals surface area (Å²) in [4.78, 5) is 16.4. The molecule has 0 bridgehead atoms. The van der Waals surface area contributed by atoms with Crippen LogP contribution in [0.4, 0.5) is 0 Å². The molecule has 140 valence electrons. The van der Waals surface area contributed by atoms with Crippen LogP contribution in [0.1, 0.15) is 21.5 Å². The predicted molar refractivity (Wildman–Crippen MR) is 107 cm³/mol. The van der Waals surface area contributed by atoms with Gasteiger partial charge in [-0.2, -0.15) is 0 Å². The lowest BCUT2D eigenvalue weighted by Crippen LogP contribution is -2.23. The van der Waals surface area contributed by atoms with Crippen LogP contribution in [0.15, 0.2) is 78.0 Å². The second-order valence-corrected chi connectivity index (χ2v) is 6.45. The lowest BCUT2D eigenvalue weighted by Gasteiger charge is -2.12. The van der Waals surface area contributed by atoms with Crippen molar-refractivity contribution in [3.63, 3.8) is 0 Å². The number of aliphatic hydroxyl groups is 1. The zero-order chi connectivity index (χ0) is 19.3. The summed E-state index contributed by atoms with van der Waals surface area (Å²) in [6.07, 6.45) is -0.157. The molecule has 3 aromatic rings. The number of nitrogens with zero attached hydrogens (tertiary/aromatic N) is 1. The van der Waals surface area contributed by atoms with E-state index in [0.717, 1.165) is 34.3 Å². The fourth-order valence-electron chi connectivity index (χ4n) is 3.22. The number of hydrogen-bond donors (Lipinski definition) is 1. The number of aldehydes is 1. The lowest BCUT2D eigenvalue weighted by molar-refractivity contribution is 0.0143. The molecule has 0 fully saturated rings. The zero-order valence-electron chi connectivity index (χ0n) is 15.1.